The number of esters is 1. The lowest BCUT2D eigenvalue weighted by Crippen LogP contribution is -2.50. The molecule has 1 heterocycles. The van der Waals surface area contributed by atoms with Gasteiger partial charge in [0, 0.05) is 26.6 Å². The summed E-state index contributed by atoms with van der Waals surface area (Å²) in [6.07, 6.45) is -1.18. The van der Waals surface area contributed by atoms with Crippen LogP contribution in [0.1, 0.15) is 24.2 Å². The van der Waals surface area contributed by atoms with Crippen molar-refractivity contribution < 1.29 is 23.8 Å². The number of halogens is 1. The van der Waals surface area contributed by atoms with Crippen LogP contribution in [0.2, 0.25) is 0 Å². The van der Waals surface area contributed by atoms with Crippen LogP contribution in [0, 0.1) is 0 Å². The first-order valence-corrected chi connectivity index (χ1v) is 10.1. The van der Waals surface area contributed by atoms with Crippen molar-refractivity contribution in [3.05, 3.63) is 71.8 Å². The van der Waals surface area contributed by atoms with Gasteiger partial charge in [0.1, 0.15) is 12.7 Å². The number of nitrogens with zero attached hydrogens (tertiary/aromatic N) is 1. The average molecular weight is 517 g/mol. The number of nitrogens with one attached hydrogen (secondary N) is 1. The molecule has 33 heavy (non-hydrogen) atoms. The van der Waals surface area contributed by atoms with Crippen LogP contribution < -0.4 is 5.32 Å². The Bertz CT molecular complexity index is 811. The van der Waals surface area contributed by atoms with Gasteiger partial charge in [-0.05, 0) is 11.1 Å². The molecule has 1 aliphatic heterocycles. The maximum Gasteiger partial charge on any atom is 0.407 e. The Morgan fingerprint density at radius 2 is 1.58 bits per heavy atom. The number of amides is 1. The van der Waals surface area contributed by atoms with Gasteiger partial charge < -0.3 is 19.5 Å². The summed E-state index contributed by atoms with van der Waals surface area (Å²) >= 11 is 0. The standard InChI is InChI=1S/C23H28N2O5.ClH.2H2S/c1-18(26)30-22(20-10-6-3-7-11-20)21(16-25-12-14-28-15-13-25)24-23(27)29-17-19-8-4-2-5-9-19;;;/h2-11,21-22H,12-17H2,1H3,(H,24,27);1H;2*1H2/t21-,22-;;;/m0.../s1. The molecule has 0 aliphatic carbocycles. The van der Waals surface area contributed by atoms with Crippen molar-refractivity contribution in [2.24, 2.45) is 0 Å². The van der Waals surface area contributed by atoms with E-state index in [-0.39, 0.29) is 46.0 Å². The molecular formula is C23H33ClN2O5S2. The van der Waals surface area contributed by atoms with Crippen molar-refractivity contribution in [1.82, 2.24) is 10.2 Å². The van der Waals surface area contributed by atoms with Crippen molar-refractivity contribution in [3.63, 3.8) is 0 Å². The Morgan fingerprint density at radius 1 is 1.00 bits per heavy atom. The van der Waals surface area contributed by atoms with E-state index in [0.29, 0.717) is 19.8 Å². The van der Waals surface area contributed by atoms with E-state index in [1.807, 2.05) is 60.7 Å². The molecule has 1 aliphatic rings. The fourth-order valence-electron chi connectivity index (χ4n) is 3.40. The highest BCUT2D eigenvalue weighted by atomic mass is 35.5. The molecule has 7 nitrogen and oxygen atoms in total. The zero-order valence-electron chi connectivity index (χ0n) is 18.6. The smallest absolute Gasteiger partial charge is 0.407 e. The largest absolute Gasteiger partial charge is 0.455 e. The van der Waals surface area contributed by atoms with Crippen LogP contribution >= 0.6 is 39.4 Å². The van der Waals surface area contributed by atoms with E-state index in [1.165, 1.54) is 6.92 Å². The van der Waals surface area contributed by atoms with Gasteiger partial charge in [-0.15, -0.1) is 12.4 Å². The van der Waals surface area contributed by atoms with Crippen LogP contribution in [-0.4, -0.2) is 55.9 Å². The molecule has 1 N–H and O–H groups in total. The third-order valence-electron chi connectivity index (χ3n) is 4.86. The number of carbonyl (C=O) groups is 2. The van der Waals surface area contributed by atoms with Gasteiger partial charge >= 0.3 is 12.1 Å². The first kappa shape index (κ1) is 31.1. The highest BCUT2D eigenvalue weighted by Gasteiger charge is 2.30. The van der Waals surface area contributed by atoms with Gasteiger partial charge in [-0.3, -0.25) is 9.69 Å². The molecular weight excluding hydrogens is 484 g/mol. The summed E-state index contributed by atoms with van der Waals surface area (Å²) in [6.45, 7) is 4.81. The summed E-state index contributed by atoms with van der Waals surface area (Å²) in [6, 6.07) is 18.4. The number of morpholine rings is 1. The highest BCUT2D eigenvalue weighted by Crippen LogP contribution is 2.23. The Balaban J connectivity index is 0.00000341. The Kier molecular flexibility index (Phi) is 15.7. The van der Waals surface area contributed by atoms with Crippen LogP contribution in [0.25, 0.3) is 0 Å². The van der Waals surface area contributed by atoms with Gasteiger partial charge in [0.15, 0.2) is 0 Å². The maximum absolute atomic E-state index is 12.6. The molecule has 1 saturated heterocycles. The second-order valence-corrected chi connectivity index (χ2v) is 7.17. The molecule has 0 aromatic heterocycles. The molecule has 0 saturated carbocycles. The summed E-state index contributed by atoms with van der Waals surface area (Å²) in [4.78, 5) is 26.6. The molecule has 1 fully saturated rings. The molecule has 2 aromatic rings. The van der Waals surface area contributed by atoms with Crippen LogP contribution in [0.15, 0.2) is 60.7 Å². The summed E-state index contributed by atoms with van der Waals surface area (Å²) in [5.74, 6) is -0.407. The Morgan fingerprint density at radius 3 is 2.15 bits per heavy atom. The fraction of sp³-hybridized carbons (Fsp3) is 0.391. The average Bonchev–Trinajstić information content (AvgIpc) is 2.77. The summed E-state index contributed by atoms with van der Waals surface area (Å²) in [7, 11) is 0. The number of ether oxygens (including phenoxy) is 3. The van der Waals surface area contributed by atoms with Gasteiger partial charge in [0.2, 0.25) is 0 Å². The molecule has 0 radical (unpaired) electrons. The van der Waals surface area contributed by atoms with Crippen molar-refractivity contribution >= 4 is 51.5 Å². The van der Waals surface area contributed by atoms with Crippen molar-refractivity contribution in [2.75, 3.05) is 32.8 Å². The van der Waals surface area contributed by atoms with Gasteiger partial charge in [-0.1, -0.05) is 60.7 Å². The number of hydrogen-bond donors (Lipinski definition) is 1. The third kappa shape index (κ3) is 10.7. The second kappa shape index (κ2) is 16.7. The molecule has 2 atom stereocenters. The zero-order valence-corrected chi connectivity index (χ0v) is 21.4. The van der Waals surface area contributed by atoms with E-state index in [9.17, 15) is 9.59 Å². The first-order valence-electron chi connectivity index (χ1n) is 10.1. The van der Waals surface area contributed by atoms with E-state index < -0.39 is 24.2 Å². The monoisotopic (exact) mass is 516 g/mol. The highest BCUT2D eigenvalue weighted by molar-refractivity contribution is 7.59. The van der Waals surface area contributed by atoms with Gasteiger partial charge in [0.25, 0.3) is 0 Å². The molecule has 184 valence electrons. The minimum atomic E-state index is -0.629. The van der Waals surface area contributed by atoms with Gasteiger partial charge in [-0.2, -0.15) is 27.0 Å². The minimum Gasteiger partial charge on any atom is -0.455 e. The zero-order chi connectivity index (χ0) is 21.2. The molecule has 0 bridgehead atoms. The number of rotatable bonds is 8. The van der Waals surface area contributed by atoms with Gasteiger partial charge in [0.05, 0.1) is 19.3 Å². The van der Waals surface area contributed by atoms with Crippen LogP contribution in [-0.2, 0) is 25.6 Å². The molecule has 3 rings (SSSR count). The minimum absolute atomic E-state index is 0. The maximum atomic E-state index is 12.6. The topological polar surface area (TPSA) is 77.1 Å². The predicted octanol–water partition coefficient (Wildman–Crippen LogP) is 3.57. The molecule has 2 aromatic carbocycles. The number of alkyl carbamates (subject to hydrolysis) is 1. The summed E-state index contributed by atoms with van der Waals surface area (Å²) < 4.78 is 16.5. The van der Waals surface area contributed by atoms with Crippen LogP contribution in [0.4, 0.5) is 4.79 Å². The van der Waals surface area contributed by atoms with Crippen molar-refractivity contribution in [1.29, 1.82) is 0 Å². The van der Waals surface area contributed by atoms with Crippen molar-refractivity contribution in [2.45, 2.75) is 25.7 Å². The lowest BCUT2D eigenvalue weighted by molar-refractivity contribution is -0.148. The fourth-order valence-corrected chi connectivity index (χ4v) is 3.40. The molecule has 0 unspecified atom stereocenters. The SMILES string of the molecule is CC(=O)O[C@@H](c1ccccc1)[C@H](CN1CCOCC1)NC(=O)OCc1ccccc1.Cl.S.S. The predicted molar refractivity (Wildman–Crippen MR) is 140 cm³/mol. The molecule has 10 heteroatoms. The van der Waals surface area contributed by atoms with Crippen LogP contribution in [0.5, 0.6) is 0 Å². The lowest BCUT2D eigenvalue weighted by atomic mass is 10.0. The van der Waals surface area contributed by atoms with E-state index in [0.717, 1.165) is 24.2 Å². The molecule has 0 spiro atoms. The van der Waals surface area contributed by atoms with Crippen LogP contribution in [0.3, 0.4) is 0 Å². The second-order valence-electron chi connectivity index (χ2n) is 7.17. The first-order chi connectivity index (χ1) is 14.6. The lowest BCUT2D eigenvalue weighted by Gasteiger charge is -2.34. The number of benzene rings is 2. The van der Waals surface area contributed by atoms with E-state index in [1.54, 1.807) is 0 Å². The summed E-state index contributed by atoms with van der Waals surface area (Å²) in [5, 5.41) is 2.92. The Labute approximate surface area is 215 Å². The summed E-state index contributed by atoms with van der Waals surface area (Å²) in [5.41, 5.74) is 1.71. The van der Waals surface area contributed by atoms with Gasteiger partial charge in [-0.25, -0.2) is 4.79 Å². The number of carbonyl (C=O) groups excluding carboxylic acids is 2. The Hall–Kier alpha value is -1.91. The number of hydrogen-bond acceptors (Lipinski definition) is 6. The van der Waals surface area contributed by atoms with E-state index in [2.05, 4.69) is 10.2 Å². The normalized spacial score (nSPS) is 14.8. The van der Waals surface area contributed by atoms with E-state index >= 15 is 0 Å². The third-order valence-corrected chi connectivity index (χ3v) is 4.86. The quantitative estimate of drug-likeness (QED) is 0.540. The molecule has 1 amide bonds. The van der Waals surface area contributed by atoms with E-state index in [4.69, 9.17) is 14.2 Å². The van der Waals surface area contributed by atoms with Crippen molar-refractivity contribution in [3.8, 4) is 0 Å².